The third kappa shape index (κ3) is 7.77. The van der Waals surface area contributed by atoms with Gasteiger partial charge in [-0.2, -0.15) is 11.8 Å². The summed E-state index contributed by atoms with van der Waals surface area (Å²) in [5, 5.41) is 6.05. The average molecular weight is 324 g/mol. The van der Waals surface area contributed by atoms with Crippen molar-refractivity contribution in [1.29, 1.82) is 0 Å². The van der Waals surface area contributed by atoms with Crippen LogP contribution in [0.15, 0.2) is 5.38 Å². The normalized spacial score (nSPS) is 11.7. The fourth-order valence-electron chi connectivity index (χ4n) is 1.48. The number of aromatic nitrogens is 1. The number of nitrogens with two attached hydrogens (primary N) is 1. The Labute approximate surface area is 129 Å². The predicted octanol–water partition coefficient (Wildman–Crippen LogP) is 2.00. The number of carbonyl (C=O) groups excluding carboxylic acids is 1. The van der Waals surface area contributed by atoms with Crippen molar-refractivity contribution in [3.05, 3.63) is 16.1 Å². The number of halogens is 1. The number of hydrogen-bond donors (Lipinski definition) is 2. The van der Waals surface area contributed by atoms with Crippen molar-refractivity contribution in [2.75, 3.05) is 18.6 Å². The highest BCUT2D eigenvalue weighted by atomic mass is 35.5. The molecule has 1 heterocycles. The Bertz CT molecular complexity index is 374. The highest BCUT2D eigenvalue weighted by molar-refractivity contribution is 7.98. The van der Waals surface area contributed by atoms with E-state index in [2.05, 4.69) is 10.3 Å². The van der Waals surface area contributed by atoms with Crippen molar-refractivity contribution in [2.24, 2.45) is 5.73 Å². The molecule has 1 atom stereocenters. The third-order valence-electron chi connectivity index (χ3n) is 2.50. The average Bonchev–Trinajstić information content (AvgIpc) is 2.77. The van der Waals surface area contributed by atoms with Crippen molar-refractivity contribution in [1.82, 2.24) is 10.3 Å². The minimum Gasteiger partial charge on any atom is -0.355 e. The molecule has 0 bridgehead atoms. The molecule has 3 N–H and O–H groups in total. The van der Waals surface area contributed by atoms with Crippen LogP contribution in [0.2, 0.25) is 0 Å². The monoisotopic (exact) mass is 323 g/mol. The van der Waals surface area contributed by atoms with Crippen molar-refractivity contribution in [3.63, 3.8) is 0 Å². The molecule has 0 spiro atoms. The minimum atomic E-state index is -0.375. The molecular formula is C12H22ClN3OS2. The summed E-state index contributed by atoms with van der Waals surface area (Å²) in [4.78, 5) is 16.0. The van der Waals surface area contributed by atoms with Gasteiger partial charge in [-0.15, -0.1) is 23.7 Å². The fraction of sp³-hybridized carbons (Fsp3) is 0.667. The summed E-state index contributed by atoms with van der Waals surface area (Å²) in [5.41, 5.74) is 6.83. The highest BCUT2D eigenvalue weighted by Gasteiger charge is 2.11. The quantitative estimate of drug-likeness (QED) is 0.718. The molecule has 0 fully saturated rings. The van der Waals surface area contributed by atoms with Crippen LogP contribution in [0.1, 0.15) is 23.5 Å². The molecule has 1 aromatic rings. The lowest BCUT2D eigenvalue weighted by molar-refractivity contribution is -0.122. The number of aryl methyl sites for hydroxylation is 2. The van der Waals surface area contributed by atoms with Crippen LogP contribution in [-0.4, -0.2) is 35.5 Å². The first-order valence-corrected chi connectivity index (χ1v) is 8.34. The van der Waals surface area contributed by atoms with Gasteiger partial charge in [0.25, 0.3) is 0 Å². The predicted molar refractivity (Wildman–Crippen MR) is 86.4 cm³/mol. The highest BCUT2D eigenvalue weighted by Crippen LogP contribution is 2.10. The van der Waals surface area contributed by atoms with E-state index in [9.17, 15) is 4.79 Å². The molecule has 0 aliphatic carbocycles. The minimum absolute atomic E-state index is 0. The second-order valence-corrected chi connectivity index (χ2v) is 6.09. The van der Waals surface area contributed by atoms with E-state index in [1.807, 2.05) is 18.6 Å². The topological polar surface area (TPSA) is 68.0 Å². The Morgan fingerprint density at radius 3 is 2.95 bits per heavy atom. The van der Waals surface area contributed by atoms with Crippen LogP contribution in [0.25, 0.3) is 0 Å². The number of thioether (sulfide) groups is 1. The Balaban J connectivity index is 0.00000324. The Morgan fingerprint density at radius 2 is 2.37 bits per heavy atom. The van der Waals surface area contributed by atoms with Gasteiger partial charge in [0.1, 0.15) is 0 Å². The molecule has 0 aromatic carbocycles. The van der Waals surface area contributed by atoms with E-state index in [1.54, 1.807) is 23.1 Å². The number of amides is 1. The zero-order valence-corrected chi connectivity index (χ0v) is 13.8. The first kappa shape index (κ1) is 18.7. The van der Waals surface area contributed by atoms with Crippen LogP contribution in [-0.2, 0) is 11.2 Å². The van der Waals surface area contributed by atoms with E-state index >= 15 is 0 Å². The Hall–Kier alpha value is -0.300. The molecule has 1 rings (SSSR count). The van der Waals surface area contributed by atoms with E-state index < -0.39 is 0 Å². The van der Waals surface area contributed by atoms with Crippen LogP contribution in [0.3, 0.4) is 0 Å². The van der Waals surface area contributed by atoms with E-state index in [4.69, 9.17) is 5.73 Å². The van der Waals surface area contributed by atoms with Crippen LogP contribution >= 0.6 is 35.5 Å². The summed E-state index contributed by atoms with van der Waals surface area (Å²) >= 11 is 3.38. The molecule has 19 heavy (non-hydrogen) atoms. The van der Waals surface area contributed by atoms with Crippen LogP contribution in [0.5, 0.6) is 0 Å². The number of rotatable bonds is 8. The van der Waals surface area contributed by atoms with E-state index in [0.29, 0.717) is 6.54 Å². The molecule has 0 unspecified atom stereocenters. The van der Waals surface area contributed by atoms with Gasteiger partial charge >= 0.3 is 0 Å². The van der Waals surface area contributed by atoms with Gasteiger partial charge in [0.15, 0.2) is 0 Å². The van der Waals surface area contributed by atoms with Gasteiger partial charge in [0.05, 0.1) is 11.0 Å². The van der Waals surface area contributed by atoms with Crippen LogP contribution in [0.4, 0.5) is 0 Å². The molecule has 0 aliphatic rings. The van der Waals surface area contributed by atoms with Gasteiger partial charge in [-0.3, -0.25) is 4.79 Å². The molecule has 4 nitrogen and oxygen atoms in total. The van der Waals surface area contributed by atoms with Gasteiger partial charge in [-0.25, -0.2) is 4.98 Å². The fourth-order valence-corrected chi connectivity index (χ4v) is 2.78. The number of nitrogens with zero attached hydrogens (tertiary/aromatic N) is 1. The number of thiazole rings is 1. The maximum Gasteiger partial charge on any atom is 0.236 e. The van der Waals surface area contributed by atoms with Gasteiger partial charge in [-0.1, -0.05) is 0 Å². The Kier molecular flexibility index (Phi) is 10.3. The van der Waals surface area contributed by atoms with Gasteiger partial charge in [0, 0.05) is 24.0 Å². The lowest BCUT2D eigenvalue weighted by atomic mass is 10.2. The summed E-state index contributed by atoms with van der Waals surface area (Å²) in [6.07, 6.45) is 4.58. The van der Waals surface area contributed by atoms with Crippen LogP contribution in [0, 0.1) is 6.92 Å². The molecular weight excluding hydrogens is 302 g/mol. The molecule has 0 aliphatic heterocycles. The molecule has 110 valence electrons. The Morgan fingerprint density at radius 1 is 1.63 bits per heavy atom. The zero-order valence-electron chi connectivity index (χ0n) is 11.3. The second-order valence-electron chi connectivity index (χ2n) is 4.17. The number of nitrogens with one attached hydrogen (secondary N) is 1. The SMILES string of the molecule is CSCC[C@H](N)C(=O)NCCCc1nc(C)cs1.Cl. The lowest BCUT2D eigenvalue weighted by Gasteiger charge is -2.11. The summed E-state index contributed by atoms with van der Waals surface area (Å²) in [6, 6.07) is -0.375. The van der Waals surface area contributed by atoms with Crippen molar-refractivity contribution >= 4 is 41.4 Å². The maximum absolute atomic E-state index is 11.6. The van der Waals surface area contributed by atoms with Gasteiger partial charge in [0.2, 0.25) is 5.91 Å². The summed E-state index contributed by atoms with van der Waals surface area (Å²) in [7, 11) is 0. The molecule has 1 aromatic heterocycles. The smallest absolute Gasteiger partial charge is 0.236 e. The van der Waals surface area contributed by atoms with Gasteiger partial charge < -0.3 is 11.1 Å². The lowest BCUT2D eigenvalue weighted by Crippen LogP contribution is -2.41. The molecule has 0 saturated heterocycles. The standard InChI is InChI=1S/C12H21N3OS2.ClH/c1-9-8-18-11(15-9)4-3-6-14-12(16)10(13)5-7-17-2;/h8,10H,3-7,13H2,1-2H3,(H,14,16);1H/t10-;/m0./s1. The first-order valence-electron chi connectivity index (χ1n) is 6.06. The van der Waals surface area contributed by atoms with Crippen molar-refractivity contribution in [2.45, 2.75) is 32.2 Å². The number of hydrogen-bond acceptors (Lipinski definition) is 5. The maximum atomic E-state index is 11.6. The molecule has 1 amide bonds. The van der Waals surface area contributed by atoms with Crippen molar-refractivity contribution < 1.29 is 4.79 Å². The molecule has 7 heteroatoms. The van der Waals surface area contributed by atoms with Gasteiger partial charge in [-0.05, 0) is 31.8 Å². The number of carbonyl (C=O) groups is 1. The van der Waals surface area contributed by atoms with E-state index in [0.717, 1.165) is 35.7 Å². The largest absolute Gasteiger partial charge is 0.355 e. The second kappa shape index (κ2) is 10.5. The zero-order chi connectivity index (χ0) is 13.4. The summed E-state index contributed by atoms with van der Waals surface area (Å²) in [6.45, 7) is 2.66. The van der Waals surface area contributed by atoms with Crippen LogP contribution < -0.4 is 11.1 Å². The van der Waals surface area contributed by atoms with Crippen molar-refractivity contribution in [3.8, 4) is 0 Å². The van der Waals surface area contributed by atoms with E-state index in [1.165, 1.54) is 0 Å². The summed E-state index contributed by atoms with van der Waals surface area (Å²) in [5.74, 6) is 0.881. The first-order chi connectivity index (χ1) is 8.63. The molecule has 0 radical (unpaired) electrons. The van der Waals surface area contributed by atoms with E-state index in [-0.39, 0.29) is 24.4 Å². The molecule has 0 saturated carbocycles. The third-order valence-corrected chi connectivity index (χ3v) is 4.17. The summed E-state index contributed by atoms with van der Waals surface area (Å²) < 4.78 is 0.